The first kappa shape index (κ1) is 29.1. The molecule has 1 aromatic carbocycles. The average Bonchev–Trinajstić information content (AvgIpc) is 2.76. The number of carbonyl (C=O) groups is 4. The van der Waals surface area contributed by atoms with E-state index in [1.165, 1.54) is 0 Å². The Balaban J connectivity index is 2.84. The zero-order valence-corrected chi connectivity index (χ0v) is 21.3. The summed E-state index contributed by atoms with van der Waals surface area (Å²) in [5, 5.41) is 8.15. The number of nitrogens with one attached hydrogen (secondary N) is 3. The molecule has 3 amide bonds. The average molecular weight is 476 g/mol. The third-order valence-corrected chi connectivity index (χ3v) is 5.09. The Hall–Kier alpha value is -2.90. The van der Waals surface area contributed by atoms with Crippen molar-refractivity contribution in [3.63, 3.8) is 0 Å². The molecule has 190 valence electrons. The van der Waals surface area contributed by atoms with Crippen LogP contribution >= 0.6 is 0 Å². The summed E-state index contributed by atoms with van der Waals surface area (Å²) < 4.78 is 5.26. The second-order valence-electron chi connectivity index (χ2n) is 9.96. The van der Waals surface area contributed by atoms with E-state index in [0.717, 1.165) is 11.8 Å². The number of ether oxygens (including phenoxy) is 1. The molecule has 8 nitrogen and oxygen atoms in total. The molecule has 3 atom stereocenters. The zero-order valence-electron chi connectivity index (χ0n) is 21.3. The van der Waals surface area contributed by atoms with Crippen LogP contribution in [0.3, 0.4) is 0 Å². The zero-order chi connectivity index (χ0) is 25.7. The van der Waals surface area contributed by atoms with E-state index < -0.39 is 36.0 Å². The topological polar surface area (TPSA) is 114 Å². The highest BCUT2D eigenvalue weighted by atomic mass is 16.5. The Morgan fingerprint density at radius 1 is 0.765 bits per heavy atom. The number of hydrogen-bond donors (Lipinski definition) is 3. The summed E-state index contributed by atoms with van der Waals surface area (Å²) in [6.07, 6.45) is 1.32. The van der Waals surface area contributed by atoms with Crippen molar-refractivity contribution in [3.05, 3.63) is 35.9 Å². The summed E-state index contributed by atoms with van der Waals surface area (Å²) in [5.41, 5.74) is 0.835. The van der Waals surface area contributed by atoms with E-state index in [0.29, 0.717) is 19.3 Å². The van der Waals surface area contributed by atoms with Crippen LogP contribution in [0.1, 0.15) is 66.4 Å². The van der Waals surface area contributed by atoms with E-state index in [2.05, 4.69) is 16.0 Å². The SMILES string of the molecule is CC(C)C[C@@H](C=O)NC(=O)[C@@H](CC(C)C)NC(=O)[C@H](CC(C)C)NC(=O)OCc1ccccc1. The molecule has 0 saturated carbocycles. The predicted molar refractivity (Wildman–Crippen MR) is 132 cm³/mol. The van der Waals surface area contributed by atoms with Gasteiger partial charge in [-0.3, -0.25) is 9.59 Å². The number of carbonyl (C=O) groups excluding carboxylic acids is 4. The van der Waals surface area contributed by atoms with Crippen LogP contribution in [-0.2, 0) is 25.7 Å². The highest BCUT2D eigenvalue weighted by molar-refractivity contribution is 5.92. The maximum atomic E-state index is 13.1. The number of alkyl carbamates (subject to hydrolysis) is 1. The molecular formula is C26H41N3O5. The van der Waals surface area contributed by atoms with E-state index in [4.69, 9.17) is 4.74 Å². The lowest BCUT2D eigenvalue weighted by molar-refractivity contribution is -0.131. The minimum absolute atomic E-state index is 0.0873. The molecule has 1 rings (SSSR count). The molecule has 0 aliphatic rings. The van der Waals surface area contributed by atoms with Gasteiger partial charge in [0.05, 0.1) is 6.04 Å². The Bertz CT molecular complexity index is 780. The van der Waals surface area contributed by atoms with Crippen molar-refractivity contribution in [2.45, 2.75) is 85.5 Å². The molecule has 0 aliphatic carbocycles. The summed E-state index contributed by atoms with van der Waals surface area (Å²) in [6.45, 7) is 11.8. The molecule has 0 spiro atoms. The van der Waals surface area contributed by atoms with Crippen LogP contribution < -0.4 is 16.0 Å². The van der Waals surface area contributed by atoms with Crippen LogP contribution in [0.2, 0.25) is 0 Å². The molecule has 0 bridgehead atoms. The second kappa shape index (κ2) is 15.1. The van der Waals surface area contributed by atoms with Crippen LogP contribution in [0.15, 0.2) is 30.3 Å². The van der Waals surface area contributed by atoms with Crippen molar-refractivity contribution in [3.8, 4) is 0 Å². The maximum absolute atomic E-state index is 13.1. The fourth-order valence-electron chi connectivity index (χ4n) is 3.52. The first-order valence-electron chi connectivity index (χ1n) is 12.0. The van der Waals surface area contributed by atoms with Gasteiger partial charge in [-0.05, 0) is 42.6 Å². The molecule has 0 saturated heterocycles. The first-order valence-corrected chi connectivity index (χ1v) is 12.0. The van der Waals surface area contributed by atoms with Gasteiger partial charge >= 0.3 is 6.09 Å². The number of benzene rings is 1. The number of amides is 3. The maximum Gasteiger partial charge on any atom is 0.408 e. The third kappa shape index (κ3) is 11.8. The lowest BCUT2D eigenvalue weighted by atomic mass is 9.99. The molecule has 1 aromatic rings. The molecule has 0 radical (unpaired) electrons. The monoisotopic (exact) mass is 475 g/mol. The molecule has 0 fully saturated rings. The van der Waals surface area contributed by atoms with Crippen molar-refractivity contribution < 1.29 is 23.9 Å². The molecule has 0 aromatic heterocycles. The van der Waals surface area contributed by atoms with Crippen LogP contribution in [-0.4, -0.2) is 42.3 Å². The van der Waals surface area contributed by atoms with E-state index >= 15 is 0 Å². The summed E-state index contributed by atoms with van der Waals surface area (Å²) >= 11 is 0. The van der Waals surface area contributed by atoms with Crippen LogP contribution in [0, 0.1) is 17.8 Å². The quantitative estimate of drug-likeness (QED) is 0.356. The van der Waals surface area contributed by atoms with Gasteiger partial charge in [-0.25, -0.2) is 4.79 Å². The molecule has 0 heterocycles. The first-order chi connectivity index (χ1) is 16.0. The van der Waals surface area contributed by atoms with Crippen molar-refractivity contribution in [1.82, 2.24) is 16.0 Å². The number of aldehydes is 1. The summed E-state index contributed by atoms with van der Waals surface area (Å²) in [7, 11) is 0. The lowest BCUT2D eigenvalue weighted by Gasteiger charge is -2.26. The van der Waals surface area contributed by atoms with Gasteiger partial charge in [0.25, 0.3) is 0 Å². The van der Waals surface area contributed by atoms with Crippen LogP contribution in [0.4, 0.5) is 4.79 Å². The molecular weight excluding hydrogens is 434 g/mol. The van der Waals surface area contributed by atoms with Gasteiger partial charge in [-0.1, -0.05) is 71.9 Å². The number of hydrogen-bond acceptors (Lipinski definition) is 5. The van der Waals surface area contributed by atoms with Crippen LogP contribution in [0.5, 0.6) is 0 Å². The molecule has 0 aliphatic heterocycles. The van der Waals surface area contributed by atoms with Gasteiger partial charge in [0.2, 0.25) is 11.8 Å². The van der Waals surface area contributed by atoms with E-state index in [-0.39, 0.29) is 24.4 Å². The highest BCUT2D eigenvalue weighted by Gasteiger charge is 2.29. The van der Waals surface area contributed by atoms with Crippen molar-refractivity contribution in [1.29, 1.82) is 0 Å². The molecule has 3 N–H and O–H groups in total. The van der Waals surface area contributed by atoms with Gasteiger partial charge in [0.15, 0.2) is 0 Å². The van der Waals surface area contributed by atoms with Gasteiger partial charge in [0.1, 0.15) is 25.0 Å². The third-order valence-electron chi connectivity index (χ3n) is 5.09. The Labute approximate surface area is 203 Å². The van der Waals surface area contributed by atoms with E-state index in [9.17, 15) is 19.2 Å². The fourth-order valence-corrected chi connectivity index (χ4v) is 3.52. The van der Waals surface area contributed by atoms with Gasteiger partial charge in [0, 0.05) is 0 Å². The highest BCUT2D eigenvalue weighted by Crippen LogP contribution is 2.11. The summed E-state index contributed by atoms with van der Waals surface area (Å²) in [4.78, 5) is 49.7. The van der Waals surface area contributed by atoms with Crippen molar-refractivity contribution >= 4 is 24.2 Å². The van der Waals surface area contributed by atoms with Crippen molar-refractivity contribution in [2.24, 2.45) is 17.8 Å². The minimum Gasteiger partial charge on any atom is -0.445 e. The molecule has 8 heteroatoms. The lowest BCUT2D eigenvalue weighted by Crippen LogP contribution is -2.55. The van der Waals surface area contributed by atoms with E-state index in [1.54, 1.807) is 0 Å². The Morgan fingerprint density at radius 3 is 1.76 bits per heavy atom. The Morgan fingerprint density at radius 2 is 1.26 bits per heavy atom. The van der Waals surface area contributed by atoms with E-state index in [1.807, 2.05) is 71.9 Å². The Kier molecular flexibility index (Phi) is 12.9. The van der Waals surface area contributed by atoms with Crippen molar-refractivity contribution in [2.75, 3.05) is 0 Å². The largest absolute Gasteiger partial charge is 0.445 e. The molecule has 34 heavy (non-hydrogen) atoms. The number of rotatable bonds is 14. The minimum atomic E-state index is -0.858. The summed E-state index contributed by atoms with van der Waals surface area (Å²) in [5.74, 6) is -0.390. The molecule has 0 unspecified atom stereocenters. The second-order valence-corrected chi connectivity index (χ2v) is 9.96. The van der Waals surface area contributed by atoms with Gasteiger partial charge in [-0.15, -0.1) is 0 Å². The normalized spacial score (nSPS) is 13.8. The van der Waals surface area contributed by atoms with Gasteiger partial charge < -0.3 is 25.5 Å². The van der Waals surface area contributed by atoms with Crippen LogP contribution in [0.25, 0.3) is 0 Å². The fraction of sp³-hybridized carbons (Fsp3) is 0.615. The predicted octanol–water partition coefficient (Wildman–Crippen LogP) is 3.59. The summed E-state index contributed by atoms with van der Waals surface area (Å²) in [6, 6.07) is 6.96. The van der Waals surface area contributed by atoms with Gasteiger partial charge in [-0.2, -0.15) is 0 Å². The smallest absolute Gasteiger partial charge is 0.408 e. The standard InChI is InChI=1S/C26H41N3O5/c1-17(2)12-21(15-30)27-24(31)22(13-18(3)4)28-25(32)23(14-19(5)6)29-26(33)34-16-20-10-8-7-9-11-20/h7-11,15,17-19,21-23H,12-14,16H2,1-6H3,(H,27,31)(H,28,32)(H,29,33)/t21-,22+,23-/m0/s1.